The highest BCUT2D eigenvalue weighted by atomic mass is 16.1. The zero-order chi connectivity index (χ0) is 18.3. The second-order valence-electron chi connectivity index (χ2n) is 7.41. The number of nitrogens with zero attached hydrogens (tertiary/aromatic N) is 5. The molecule has 0 atom stereocenters. The smallest absolute Gasteiger partial charge is 0.180 e. The first-order valence-electron chi connectivity index (χ1n) is 8.76. The minimum atomic E-state index is -0.113. The summed E-state index contributed by atoms with van der Waals surface area (Å²) in [4.78, 5) is 18.6. The fourth-order valence-corrected chi connectivity index (χ4v) is 3.27. The lowest BCUT2D eigenvalue weighted by atomic mass is 10.1. The van der Waals surface area contributed by atoms with Crippen molar-refractivity contribution in [2.45, 2.75) is 0 Å². The Morgan fingerprint density at radius 2 is 1.96 bits per heavy atom. The van der Waals surface area contributed by atoms with E-state index in [4.69, 9.17) is 15.8 Å². The molecule has 0 amide bonds. The summed E-state index contributed by atoms with van der Waals surface area (Å²) in [5.41, 5.74) is 8.71. The normalized spacial score (nSPS) is 21.5. The molecule has 4 rings (SSSR count). The molecule has 1 aliphatic heterocycles. The molecule has 2 aromatic rings. The van der Waals surface area contributed by atoms with Gasteiger partial charge in [-0.05, 0) is 24.3 Å². The van der Waals surface area contributed by atoms with E-state index in [9.17, 15) is 4.79 Å². The molecule has 7 nitrogen and oxygen atoms in total. The number of hydrogen-bond donors (Lipinski definition) is 1. The molecular weight excluding hydrogens is 328 g/mol. The van der Waals surface area contributed by atoms with Crippen molar-refractivity contribution in [1.82, 2.24) is 9.61 Å². The number of ketones is 1. The maximum atomic E-state index is 11.5. The van der Waals surface area contributed by atoms with Crippen LogP contribution in [0.5, 0.6) is 0 Å². The van der Waals surface area contributed by atoms with Gasteiger partial charge < -0.3 is 15.1 Å². The average molecular weight is 351 g/mol. The van der Waals surface area contributed by atoms with E-state index in [-0.39, 0.29) is 5.78 Å². The van der Waals surface area contributed by atoms with Gasteiger partial charge in [-0.3, -0.25) is 4.79 Å². The predicted octanol–water partition coefficient (Wildman–Crippen LogP) is 1.28. The fourth-order valence-electron chi connectivity index (χ4n) is 3.27. The number of fused-ring (bicyclic) bond motifs is 1. The number of aromatic nitrogens is 2. The van der Waals surface area contributed by atoms with E-state index >= 15 is 0 Å². The molecule has 26 heavy (non-hydrogen) atoms. The summed E-state index contributed by atoms with van der Waals surface area (Å²) in [5.74, 6) is 0.749. The molecule has 2 aromatic heterocycles. The average Bonchev–Trinajstić information content (AvgIpc) is 2.96. The molecule has 1 fully saturated rings. The van der Waals surface area contributed by atoms with Crippen LogP contribution in [0.15, 0.2) is 53.3 Å². The molecule has 0 unspecified atom stereocenters. The first-order valence-corrected chi connectivity index (χ1v) is 8.76. The van der Waals surface area contributed by atoms with Crippen molar-refractivity contribution < 1.29 is 9.28 Å². The third-order valence-electron chi connectivity index (χ3n) is 4.98. The number of carbonyl (C=O) groups is 1. The summed E-state index contributed by atoms with van der Waals surface area (Å²) in [6.45, 7) is 3.96. The topological polar surface area (TPSA) is 76.0 Å². The summed E-state index contributed by atoms with van der Waals surface area (Å²) in [5, 5.41) is 4.77. The van der Waals surface area contributed by atoms with E-state index in [1.54, 1.807) is 6.08 Å². The molecule has 2 N–H and O–H groups in total. The highest BCUT2D eigenvalue weighted by Gasteiger charge is 2.28. The Kier molecular flexibility index (Phi) is 3.88. The molecule has 1 saturated heterocycles. The van der Waals surface area contributed by atoms with Gasteiger partial charge in [0.15, 0.2) is 11.6 Å². The van der Waals surface area contributed by atoms with Gasteiger partial charge in [0.1, 0.15) is 5.69 Å². The predicted molar refractivity (Wildman–Crippen MR) is 103 cm³/mol. The molecule has 0 saturated carbocycles. The minimum Gasteiger partial charge on any atom is -0.397 e. The number of nitrogens with two attached hydrogens (primary N) is 1. The van der Waals surface area contributed by atoms with Crippen LogP contribution < -0.4 is 10.6 Å². The van der Waals surface area contributed by atoms with Crippen LogP contribution in [0.25, 0.3) is 5.52 Å². The third-order valence-corrected chi connectivity index (χ3v) is 4.98. The van der Waals surface area contributed by atoms with E-state index < -0.39 is 0 Å². The van der Waals surface area contributed by atoms with E-state index in [0.29, 0.717) is 11.4 Å². The standard InChI is InChI=1S/C19H22N6O/c1-25(2)11-9-23(10-12-25)19-18(17-5-3-4-8-24(17)22-19)21-16-7-6-14(26)13-15(16)20/h3-8,13H,9-12H2,1-2H3,(H-,20,26)/p+1. The van der Waals surface area contributed by atoms with Crippen LogP contribution in [0.4, 0.5) is 11.5 Å². The Balaban J connectivity index is 1.79. The highest BCUT2D eigenvalue weighted by molar-refractivity contribution is 6.20. The van der Waals surface area contributed by atoms with Gasteiger partial charge in [-0.25, -0.2) is 9.51 Å². The minimum absolute atomic E-state index is 0.113. The number of carbonyl (C=O) groups excluding carboxylic acids is 1. The molecule has 1 aliphatic carbocycles. The van der Waals surface area contributed by atoms with Gasteiger partial charge in [-0.15, -0.1) is 5.10 Å². The molecule has 0 radical (unpaired) electrons. The van der Waals surface area contributed by atoms with Crippen LogP contribution in [0.3, 0.4) is 0 Å². The maximum absolute atomic E-state index is 11.5. The fraction of sp³-hybridized carbons (Fsp3) is 0.316. The van der Waals surface area contributed by atoms with Gasteiger partial charge >= 0.3 is 0 Å². The summed E-state index contributed by atoms with van der Waals surface area (Å²) in [6.07, 6.45) is 6.49. The van der Waals surface area contributed by atoms with Gasteiger partial charge in [0.05, 0.1) is 57.2 Å². The molecule has 0 bridgehead atoms. The van der Waals surface area contributed by atoms with Crippen molar-refractivity contribution in [3.8, 4) is 0 Å². The molecule has 3 heterocycles. The Labute approximate surface area is 152 Å². The number of allylic oxidation sites excluding steroid dienone is 3. The van der Waals surface area contributed by atoms with Gasteiger partial charge in [0.2, 0.25) is 0 Å². The Morgan fingerprint density at radius 1 is 1.19 bits per heavy atom. The summed E-state index contributed by atoms with van der Waals surface area (Å²) >= 11 is 0. The van der Waals surface area contributed by atoms with Gasteiger partial charge in [-0.2, -0.15) is 0 Å². The molecule has 7 heteroatoms. The van der Waals surface area contributed by atoms with Gasteiger partial charge in [-0.1, -0.05) is 6.07 Å². The van der Waals surface area contributed by atoms with E-state index in [1.807, 2.05) is 28.9 Å². The van der Waals surface area contributed by atoms with Crippen LogP contribution in [0, 0.1) is 0 Å². The van der Waals surface area contributed by atoms with Crippen LogP contribution in [0.2, 0.25) is 0 Å². The lowest BCUT2D eigenvalue weighted by molar-refractivity contribution is -0.890. The number of hydrogen-bond acceptors (Lipinski definition) is 5. The molecule has 2 aliphatic rings. The highest BCUT2D eigenvalue weighted by Crippen LogP contribution is 2.34. The van der Waals surface area contributed by atoms with Crippen molar-refractivity contribution in [1.29, 1.82) is 0 Å². The van der Waals surface area contributed by atoms with Crippen molar-refractivity contribution in [2.24, 2.45) is 10.7 Å². The van der Waals surface area contributed by atoms with Crippen molar-refractivity contribution in [2.75, 3.05) is 45.2 Å². The lowest BCUT2D eigenvalue weighted by Gasteiger charge is -2.39. The van der Waals surface area contributed by atoms with Crippen LogP contribution in [0.1, 0.15) is 0 Å². The van der Waals surface area contributed by atoms with Gasteiger partial charge in [0, 0.05) is 12.3 Å². The van der Waals surface area contributed by atoms with E-state index in [1.165, 1.54) is 12.2 Å². The number of piperazine rings is 1. The largest absolute Gasteiger partial charge is 0.397 e. The molecule has 134 valence electrons. The Morgan fingerprint density at radius 3 is 2.69 bits per heavy atom. The number of anilines is 1. The van der Waals surface area contributed by atoms with Crippen LogP contribution in [-0.4, -0.2) is 65.9 Å². The number of aliphatic imine (C=N–C) groups is 1. The zero-order valence-electron chi connectivity index (χ0n) is 15.1. The zero-order valence-corrected chi connectivity index (χ0v) is 15.1. The van der Waals surface area contributed by atoms with Crippen molar-refractivity contribution in [3.05, 3.63) is 48.3 Å². The second kappa shape index (κ2) is 6.10. The number of pyridine rings is 1. The van der Waals surface area contributed by atoms with Crippen molar-refractivity contribution >= 4 is 28.5 Å². The monoisotopic (exact) mass is 351 g/mol. The lowest BCUT2D eigenvalue weighted by Crippen LogP contribution is -2.55. The first kappa shape index (κ1) is 16.5. The van der Waals surface area contributed by atoms with E-state index in [0.717, 1.165) is 47.7 Å². The van der Waals surface area contributed by atoms with Crippen LogP contribution >= 0.6 is 0 Å². The quantitative estimate of drug-likeness (QED) is 0.653. The third kappa shape index (κ3) is 3.01. The number of rotatable bonds is 2. The summed E-state index contributed by atoms with van der Waals surface area (Å²) < 4.78 is 2.86. The SMILES string of the molecule is C[N+]1(C)CCN(c2nn3ccccc3c2N=C2C=CC(=O)C=C2N)CC1. The van der Waals surface area contributed by atoms with Crippen LogP contribution in [-0.2, 0) is 4.79 Å². The number of quaternary nitrogens is 1. The Hall–Kier alpha value is -2.93. The molecule has 0 aromatic carbocycles. The van der Waals surface area contributed by atoms with Gasteiger partial charge in [0.25, 0.3) is 0 Å². The maximum Gasteiger partial charge on any atom is 0.180 e. The molecular formula is C19H23N6O+. The molecule has 0 spiro atoms. The first-order chi connectivity index (χ1) is 12.4. The summed E-state index contributed by atoms with van der Waals surface area (Å²) in [7, 11) is 4.49. The Bertz CT molecular complexity index is 956. The summed E-state index contributed by atoms with van der Waals surface area (Å²) in [6, 6.07) is 5.92. The van der Waals surface area contributed by atoms with Crippen molar-refractivity contribution in [3.63, 3.8) is 0 Å². The second-order valence-corrected chi connectivity index (χ2v) is 7.41. The number of likely N-dealkylation sites (N-methyl/N-ethyl adjacent to an activating group) is 1. The van der Waals surface area contributed by atoms with E-state index in [2.05, 4.69) is 19.0 Å².